The molecule has 0 saturated carbocycles. The van der Waals surface area contributed by atoms with Gasteiger partial charge in [0.05, 0.1) is 18.4 Å². The summed E-state index contributed by atoms with van der Waals surface area (Å²) in [7, 11) is 0. The van der Waals surface area contributed by atoms with E-state index in [2.05, 4.69) is 15.4 Å². The van der Waals surface area contributed by atoms with Crippen LogP contribution in [0.15, 0.2) is 54.9 Å². The Hall–Kier alpha value is -3.73. The van der Waals surface area contributed by atoms with Crippen LogP contribution in [0.2, 0.25) is 0 Å². The quantitative estimate of drug-likeness (QED) is 0.648. The highest BCUT2D eigenvalue weighted by Gasteiger charge is 2.14. The van der Waals surface area contributed by atoms with Crippen molar-refractivity contribution in [1.82, 2.24) is 14.8 Å². The number of anilines is 1. The molecular weight excluding hydrogens is 349 g/mol. The van der Waals surface area contributed by atoms with Crippen molar-refractivity contribution in [2.75, 3.05) is 11.9 Å². The van der Waals surface area contributed by atoms with Crippen LogP contribution in [-0.4, -0.2) is 27.3 Å². The maximum atomic E-state index is 13.0. The number of aromatic nitrogens is 3. The highest BCUT2D eigenvalue weighted by molar-refractivity contribution is 6.03. The smallest absolute Gasteiger partial charge is 0.277 e. The van der Waals surface area contributed by atoms with Crippen molar-refractivity contribution >= 4 is 11.7 Å². The molecular formula is C19H16FN5O2. The van der Waals surface area contributed by atoms with Crippen molar-refractivity contribution in [2.24, 2.45) is 0 Å². The van der Waals surface area contributed by atoms with E-state index in [9.17, 15) is 9.18 Å². The molecule has 0 radical (unpaired) electrons. The van der Waals surface area contributed by atoms with Crippen molar-refractivity contribution in [1.29, 1.82) is 5.26 Å². The van der Waals surface area contributed by atoms with Crippen molar-refractivity contribution in [3.05, 3.63) is 66.4 Å². The number of nitrogens with one attached hydrogen (secondary N) is 1. The average molecular weight is 365 g/mol. The molecule has 7 nitrogen and oxygen atoms in total. The first-order chi connectivity index (χ1) is 13.2. The van der Waals surface area contributed by atoms with Crippen LogP contribution in [0.4, 0.5) is 10.2 Å². The number of rotatable bonds is 7. The van der Waals surface area contributed by atoms with Gasteiger partial charge in [0.2, 0.25) is 0 Å². The SMILES string of the molecule is N#CCCCOc1cccnc1NC(=O)c1ccn(-c2ccc(F)cc2)n1. The van der Waals surface area contributed by atoms with Crippen LogP contribution in [0.3, 0.4) is 0 Å². The predicted octanol–water partition coefficient (Wildman–Crippen LogP) is 3.34. The van der Waals surface area contributed by atoms with Crippen LogP contribution in [0.1, 0.15) is 23.3 Å². The van der Waals surface area contributed by atoms with Crippen molar-refractivity contribution < 1.29 is 13.9 Å². The van der Waals surface area contributed by atoms with E-state index in [1.807, 2.05) is 6.07 Å². The highest BCUT2D eigenvalue weighted by Crippen LogP contribution is 2.22. The summed E-state index contributed by atoms with van der Waals surface area (Å²) in [5, 5.41) is 15.4. The van der Waals surface area contributed by atoms with Gasteiger partial charge in [-0.05, 0) is 48.9 Å². The van der Waals surface area contributed by atoms with Crippen LogP contribution in [0.25, 0.3) is 5.69 Å². The average Bonchev–Trinajstić information content (AvgIpc) is 3.17. The molecule has 1 aromatic carbocycles. The fourth-order valence-electron chi connectivity index (χ4n) is 2.29. The van der Waals surface area contributed by atoms with Gasteiger partial charge in [-0.3, -0.25) is 4.79 Å². The largest absolute Gasteiger partial charge is 0.490 e. The number of hydrogen-bond acceptors (Lipinski definition) is 5. The third-order valence-corrected chi connectivity index (χ3v) is 3.61. The Balaban J connectivity index is 1.69. The van der Waals surface area contributed by atoms with Crippen LogP contribution < -0.4 is 10.1 Å². The Morgan fingerprint density at radius 2 is 2.07 bits per heavy atom. The number of nitrogens with zero attached hydrogens (tertiary/aromatic N) is 4. The maximum Gasteiger partial charge on any atom is 0.277 e. The van der Waals surface area contributed by atoms with E-state index in [4.69, 9.17) is 10.00 Å². The van der Waals surface area contributed by atoms with Crippen LogP contribution in [0.5, 0.6) is 5.75 Å². The molecule has 0 aliphatic carbocycles. The minimum absolute atomic E-state index is 0.181. The lowest BCUT2D eigenvalue weighted by molar-refractivity contribution is 0.102. The molecule has 0 spiro atoms. The van der Waals surface area contributed by atoms with E-state index in [0.29, 0.717) is 30.9 Å². The van der Waals surface area contributed by atoms with E-state index in [-0.39, 0.29) is 17.3 Å². The molecule has 2 aromatic heterocycles. The van der Waals surface area contributed by atoms with Crippen LogP contribution >= 0.6 is 0 Å². The fourth-order valence-corrected chi connectivity index (χ4v) is 2.29. The Labute approximate surface area is 155 Å². The lowest BCUT2D eigenvalue weighted by Crippen LogP contribution is -2.15. The molecule has 0 aliphatic heterocycles. The summed E-state index contributed by atoms with van der Waals surface area (Å²) in [4.78, 5) is 16.6. The lowest BCUT2D eigenvalue weighted by atomic mass is 10.3. The number of pyridine rings is 1. The molecule has 0 bridgehead atoms. The first kappa shape index (κ1) is 18.1. The summed E-state index contributed by atoms with van der Waals surface area (Å²) in [6, 6.07) is 12.7. The summed E-state index contributed by atoms with van der Waals surface area (Å²) in [6.07, 6.45) is 4.12. The summed E-state index contributed by atoms with van der Waals surface area (Å²) in [5.74, 6) is -0.102. The molecule has 3 rings (SSSR count). The Kier molecular flexibility index (Phi) is 5.74. The van der Waals surface area contributed by atoms with Crippen molar-refractivity contribution in [3.63, 3.8) is 0 Å². The van der Waals surface area contributed by atoms with E-state index >= 15 is 0 Å². The maximum absolute atomic E-state index is 13.0. The third kappa shape index (κ3) is 4.67. The topological polar surface area (TPSA) is 92.8 Å². The Morgan fingerprint density at radius 3 is 2.85 bits per heavy atom. The zero-order chi connectivity index (χ0) is 19.1. The van der Waals surface area contributed by atoms with Gasteiger partial charge in [-0.1, -0.05) is 0 Å². The molecule has 0 aliphatic rings. The van der Waals surface area contributed by atoms with E-state index in [1.165, 1.54) is 23.0 Å². The normalized spacial score (nSPS) is 10.2. The molecule has 0 saturated heterocycles. The van der Waals surface area contributed by atoms with E-state index in [0.717, 1.165) is 0 Å². The zero-order valence-corrected chi connectivity index (χ0v) is 14.3. The van der Waals surface area contributed by atoms with Crippen LogP contribution in [0, 0.1) is 17.1 Å². The van der Waals surface area contributed by atoms with Crippen molar-refractivity contribution in [2.45, 2.75) is 12.8 Å². The molecule has 136 valence electrons. The van der Waals surface area contributed by atoms with Gasteiger partial charge in [0, 0.05) is 18.8 Å². The summed E-state index contributed by atoms with van der Waals surface area (Å²) in [6.45, 7) is 0.349. The molecule has 8 heteroatoms. The predicted molar refractivity (Wildman–Crippen MR) is 96.1 cm³/mol. The minimum atomic E-state index is -0.448. The van der Waals surface area contributed by atoms with Gasteiger partial charge in [-0.25, -0.2) is 14.1 Å². The Bertz CT molecular complexity index is 963. The number of halogens is 1. The highest BCUT2D eigenvalue weighted by atomic mass is 19.1. The first-order valence-corrected chi connectivity index (χ1v) is 8.25. The second kappa shape index (κ2) is 8.58. The Morgan fingerprint density at radius 1 is 1.26 bits per heavy atom. The number of unbranched alkanes of at least 4 members (excludes halogenated alkanes) is 1. The number of amides is 1. The van der Waals surface area contributed by atoms with Gasteiger partial charge in [0.15, 0.2) is 17.3 Å². The second-order valence-corrected chi connectivity index (χ2v) is 5.54. The molecule has 1 N–H and O–H groups in total. The number of hydrogen-bond donors (Lipinski definition) is 1. The van der Waals surface area contributed by atoms with Gasteiger partial charge in [-0.2, -0.15) is 10.4 Å². The van der Waals surface area contributed by atoms with Crippen molar-refractivity contribution in [3.8, 4) is 17.5 Å². The van der Waals surface area contributed by atoms with Crippen LogP contribution in [-0.2, 0) is 0 Å². The van der Waals surface area contributed by atoms with Gasteiger partial charge in [0.1, 0.15) is 5.82 Å². The monoisotopic (exact) mass is 365 g/mol. The van der Waals surface area contributed by atoms with E-state index in [1.54, 1.807) is 36.5 Å². The minimum Gasteiger partial charge on any atom is -0.490 e. The number of carbonyl (C=O) groups is 1. The fraction of sp³-hybridized carbons (Fsp3) is 0.158. The number of nitriles is 1. The molecule has 27 heavy (non-hydrogen) atoms. The first-order valence-electron chi connectivity index (χ1n) is 8.25. The number of benzene rings is 1. The number of carbonyl (C=O) groups excluding carboxylic acids is 1. The molecule has 2 heterocycles. The zero-order valence-electron chi connectivity index (χ0n) is 14.3. The van der Waals surface area contributed by atoms with Gasteiger partial charge in [-0.15, -0.1) is 0 Å². The van der Waals surface area contributed by atoms with E-state index < -0.39 is 5.91 Å². The molecule has 0 unspecified atom stereocenters. The molecule has 1 amide bonds. The van der Waals surface area contributed by atoms with Gasteiger partial charge in [0.25, 0.3) is 5.91 Å². The molecule has 0 atom stereocenters. The molecule has 3 aromatic rings. The number of ether oxygens (including phenoxy) is 1. The second-order valence-electron chi connectivity index (χ2n) is 5.54. The standard InChI is InChI=1S/C19H16FN5O2/c20-14-5-7-15(8-6-14)25-12-9-16(24-25)19(26)23-18-17(4-3-11-22-18)27-13-2-1-10-21/h3-9,11-12H,1-2,13H2,(H,22,23,26). The lowest BCUT2D eigenvalue weighted by Gasteiger charge is -2.10. The van der Waals surface area contributed by atoms with Gasteiger partial charge >= 0.3 is 0 Å². The summed E-state index contributed by atoms with van der Waals surface area (Å²) < 4.78 is 20.1. The van der Waals surface area contributed by atoms with Gasteiger partial charge < -0.3 is 10.1 Å². The summed E-state index contributed by atoms with van der Waals surface area (Å²) >= 11 is 0. The summed E-state index contributed by atoms with van der Waals surface area (Å²) in [5.41, 5.74) is 0.815. The third-order valence-electron chi connectivity index (χ3n) is 3.61. The molecule has 0 fully saturated rings.